The monoisotopic (exact) mass is 432 g/mol. The molecule has 0 aliphatic carbocycles. The minimum atomic E-state index is -3.85. The average molecular weight is 433 g/mol. The first-order valence-electron chi connectivity index (χ1n) is 8.38. The van der Waals surface area contributed by atoms with Gasteiger partial charge < -0.3 is 11.1 Å². The fourth-order valence-electron chi connectivity index (χ4n) is 2.38. The van der Waals surface area contributed by atoms with Gasteiger partial charge in [-0.1, -0.05) is 35.5 Å². The van der Waals surface area contributed by atoms with Crippen LogP contribution in [0.3, 0.4) is 0 Å². The van der Waals surface area contributed by atoms with E-state index in [1.165, 1.54) is 30.3 Å². The van der Waals surface area contributed by atoms with Crippen LogP contribution in [0.5, 0.6) is 0 Å². The summed E-state index contributed by atoms with van der Waals surface area (Å²) in [7, 11) is -3.85. The third-order valence-corrected chi connectivity index (χ3v) is 6.47. The van der Waals surface area contributed by atoms with Crippen LogP contribution < -0.4 is 11.1 Å². The smallest absolute Gasteiger partial charge is 0.234 e. The molecule has 0 saturated carbocycles. The van der Waals surface area contributed by atoms with E-state index in [9.17, 15) is 17.6 Å². The molecule has 1 aromatic heterocycles. The topological polar surface area (TPSA) is 115 Å². The van der Waals surface area contributed by atoms with E-state index >= 15 is 0 Å². The number of carbonyl (C=O) groups is 1. The van der Waals surface area contributed by atoms with E-state index in [0.29, 0.717) is 5.69 Å². The van der Waals surface area contributed by atoms with Gasteiger partial charge in [-0.15, -0.1) is 0 Å². The lowest BCUT2D eigenvalue weighted by Gasteiger charge is -2.08. The Bertz CT molecular complexity index is 1150. The van der Waals surface area contributed by atoms with Crippen LogP contribution in [-0.4, -0.2) is 30.0 Å². The van der Waals surface area contributed by atoms with Gasteiger partial charge in [0, 0.05) is 5.69 Å². The summed E-state index contributed by atoms with van der Waals surface area (Å²) in [5.74, 6) is -1.11. The van der Waals surface area contributed by atoms with E-state index < -0.39 is 15.7 Å². The Morgan fingerprint density at radius 1 is 1.21 bits per heavy atom. The van der Waals surface area contributed by atoms with Crippen LogP contribution in [0.15, 0.2) is 69.7 Å². The molecule has 2 aromatic carbocycles. The van der Waals surface area contributed by atoms with Gasteiger partial charge in [-0.05, 0) is 37.3 Å². The van der Waals surface area contributed by atoms with Crippen molar-refractivity contribution in [3.8, 4) is 0 Å². The first-order chi connectivity index (χ1) is 13.8. The second-order valence-corrected chi connectivity index (χ2v) is 8.93. The Hall–Kier alpha value is -2.98. The molecule has 7 nitrogen and oxygen atoms in total. The van der Waals surface area contributed by atoms with Crippen LogP contribution in [-0.2, 0) is 14.6 Å². The number of nitrogens with one attached hydrogen (secondary N) is 1. The van der Waals surface area contributed by atoms with Gasteiger partial charge in [-0.25, -0.2) is 22.8 Å². The molecule has 0 aliphatic heterocycles. The van der Waals surface area contributed by atoms with Gasteiger partial charge in [0.1, 0.15) is 16.5 Å². The molecule has 3 rings (SSSR count). The van der Waals surface area contributed by atoms with Crippen molar-refractivity contribution in [3.05, 3.63) is 66.1 Å². The van der Waals surface area contributed by atoms with Crippen LogP contribution in [0.1, 0.15) is 5.56 Å². The highest BCUT2D eigenvalue weighted by molar-refractivity contribution is 7.99. The van der Waals surface area contributed by atoms with Crippen molar-refractivity contribution in [2.24, 2.45) is 0 Å². The molecule has 1 amide bonds. The Morgan fingerprint density at radius 2 is 1.93 bits per heavy atom. The highest BCUT2D eigenvalue weighted by atomic mass is 32.2. The van der Waals surface area contributed by atoms with Gasteiger partial charge in [-0.3, -0.25) is 4.79 Å². The van der Waals surface area contributed by atoms with Gasteiger partial charge >= 0.3 is 0 Å². The summed E-state index contributed by atoms with van der Waals surface area (Å²) in [5, 5.41) is 2.70. The number of sulfone groups is 1. The van der Waals surface area contributed by atoms with Crippen molar-refractivity contribution in [2.45, 2.75) is 21.9 Å². The molecular weight excluding hydrogens is 415 g/mol. The zero-order valence-electron chi connectivity index (χ0n) is 15.3. The molecule has 0 atom stereocenters. The number of nitrogen functional groups attached to an aromatic ring is 1. The molecule has 10 heteroatoms. The number of halogens is 1. The zero-order valence-corrected chi connectivity index (χ0v) is 16.9. The lowest BCUT2D eigenvalue weighted by molar-refractivity contribution is -0.113. The lowest BCUT2D eigenvalue weighted by Crippen LogP contribution is -2.14. The largest absolute Gasteiger partial charge is 0.382 e. The molecule has 0 bridgehead atoms. The van der Waals surface area contributed by atoms with Crippen LogP contribution in [0, 0.1) is 12.7 Å². The van der Waals surface area contributed by atoms with E-state index in [0.717, 1.165) is 23.5 Å². The minimum Gasteiger partial charge on any atom is -0.382 e. The molecule has 0 aliphatic rings. The number of nitrogens with two attached hydrogens (primary N) is 1. The summed E-state index contributed by atoms with van der Waals surface area (Å²) < 4.78 is 38.6. The van der Waals surface area contributed by atoms with Crippen molar-refractivity contribution >= 4 is 39.0 Å². The number of nitrogens with zero attached hydrogens (tertiary/aromatic N) is 2. The maximum atomic E-state index is 13.1. The molecule has 150 valence electrons. The number of hydrogen-bond acceptors (Lipinski definition) is 7. The van der Waals surface area contributed by atoms with Gasteiger partial charge in [0.25, 0.3) is 0 Å². The molecule has 29 heavy (non-hydrogen) atoms. The quantitative estimate of drug-likeness (QED) is 0.454. The van der Waals surface area contributed by atoms with E-state index in [4.69, 9.17) is 5.73 Å². The number of hydrogen-bond donors (Lipinski definition) is 2. The highest BCUT2D eigenvalue weighted by Crippen LogP contribution is 2.26. The first kappa shape index (κ1) is 20.7. The Kier molecular flexibility index (Phi) is 6.14. The summed E-state index contributed by atoms with van der Waals surface area (Å²) in [6.07, 6.45) is 1.13. The number of rotatable bonds is 6. The minimum absolute atomic E-state index is 0.0555. The zero-order chi connectivity index (χ0) is 21.0. The Morgan fingerprint density at radius 3 is 2.59 bits per heavy atom. The molecule has 0 saturated heterocycles. The van der Waals surface area contributed by atoms with Crippen LogP contribution >= 0.6 is 11.8 Å². The number of aryl methyl sites for hydroxylation is 1. The first-order valence-corrected chi connectivity index (χ1v) is 10.8. The lowest BCUT2D eigenvalue weighted by atomic mass is 10.2. The SMILES string of the molecule is Cc1ccc(S(=O)(=O)c2cnc(SCC(=O)Nc3cccc(F)c3)nc2N)cc1. The number of thioether (sulfide) groups is 1. The van der Waals surface area contributed by atoms with Crippen molar-refractivity contribution in [1.82, 2.24) is 9.97 Å². The number of amides is 1. The Balaban J connectivity index is 1.69. The van der Waals surface area contributed by atoms with Crippen LogP contribution in [0.25, 0.3) is 0 Å². The van der Waals surface area contributed by atoms with E-state index in [-0.39, 0.29) is 32.4 Å². The van der Waals surface area contributed by atoms with Crippen LogP contribution in [0.4, 0.5) is 15.9 Å². The number of aromatic nitrogens is 2. The normalized spacial score (nSPS) is 11.2. The van der Waals surface area contributed by atoms with Crippen molar-refractivity contribution in [1.29, 1.82) is 0 Å². The maximum absolute atomic E-state index is 13.1. The number of carbonyl (C=O) groups excluding carboxylic acids is 1. The summed E-state index contributed by atoms with van der Waals surface area (Å²) in [4.78, 5) is 19.9. The van der Waals surface area contributed by atoms with E-state index in [1.807, 2.05) is 6.92 Å². The fourth-order valence-corrected chi connectivity index (χ4v) is 4.26. The highest BCUT2D eigenvalue weighted by Gasteiger charge is 2.22. The van der Waals surface area contributed by atoms with E-state index in [2.05, 4.69) is 15.3 Å². The summed E-state index contributed by atoms with van der Waals surface area (Å²) in [6.45, 7) is 1.85. The van der Waals surface area contributed by atoms with E-state index in [1.54, 1.807) is 18.2 Å². The number of anilines is 2. The molecule has 0 fully saturated rings. The molecule has 0 spiro atoms. The van der Waals surface area contributed by atoms with Crippen LogP contribution in [0.2, 0.25) is 0 Å². The molecule has 3 N–H and O–H groups in total. The second kappa shape index (κ2) is 8.58. The molecule has 3 aromatic rings. The summed E-state index contributed by atoms with van der Waals surface area (Å²) >= 11 is 0.980. The standard InChI is InChI=1S/C19H17FN4O3S2/c1-12-5-7-15(8-6-12)29(26,27)16-10-22-19(24-18(16)21)28-11-17(25)23-14-4-2-3-13(20)9-14/h2-10H,11H2,1H3,(H,23,25)(H2,21,22,24). The third kappa shape index (κ3) is 5.09. The van der Waals surface area contributed by atoms with Gasteiger partial charge in [0.2, 0.25) is 15.7 Å². The number of benzene rings is 2. The maximum Gasteiger partial charge on any atom is 0.234 e. The van der Waals surface area contributed by atoms with Crippen molar-refractivity contribution in [2.75, 3.05) is 16.8 Å². The molecule has 1 heterocycles. The predicted molar refractivity (Wildman–Crippen MR) is 109 cm³/mol. The summed E-state index contributed by atoms with van der Waals surface area (Å²) in [5.41, 5.74) is 7.09. The summed E-state index contributed by atoms with van der Waals surface area (Å²) in [6, 6.07) is 11.9. The van der Waals surface area contributed by atoms with Gasteiger partial charge in [-0.2, -0.15) is 0 Å². The van der Waals surface area contributed by atoms with Gasteiger partial charge in [0.15, 0.2) is 5.16 Å². The average Bonchev–Trinajstić information content (AvgIpc) is 2.66. The third-order valence-electron chi connectivity index (χ3n) is 3.82. The van der Waals surface area contributed by atoms with Gasteiger partial charge in [0.05, 0.1) is 16.8 Å². The second-order valence-electron chi connectivity index (χ2n) is 6.07. The van der Waals surface area contributed by atoms with Crippen molar-refractivity contribution in [3.63, 3.8) is 0 Å². The molecule has 0 radical (unpaired) electrons. The molecule has 0 unspecified atom stereocenters. The fraction of sp³-hybridized carbons (Fsp3) is 0.105. The molecular formula is C19H17FN4O3S2. The Labute approximate surface area is 171 Å². The predicted octanol–water partition coefficient (Wildman–Crippen LogP) is 3.07. The van der Waals surface area contributed by atoms with Crippen molar-refractivity contribution < 1.29 is 17.6 Å².